The Morgan fingerprint density at radius 3 is 2.76 bits per heavy atom. The fourth-order valence-electron chi connectivity index (χ4n) is 2.42. The van der Waals surface area contributed by atoms with Gasteiger partial charge in [-0.05, 0) is 37.5 Å². The number of carbonyl (C=O) groups is 1. The molecule has 0 spiro atoms. The molecule has 0 radical (unpaired) electrons. The molecule has 1 aliphatic carbocycles. The summed E-state index contributed by atoms with van der Waals surface area (Å²) >= 11 is 0. The van der Waals surface area contributed by atoms with Crippen LogP contribution in [0.2, 0.25) is 0 Å². The van der Waals surface area contributed by atoms with Crippen LogP contribution in [-0.4, -0.2) is 31.8 Å². The van der Waals surface area contributed by atoms with Crippen LogP contribution < -0.4 is 15.2 Å². The van der Waals surface area contributed by atoms with Crippen LogP contribution in [0.3, 0.4) is 0 Å². The summed E-state index contributed by atoms with van der Waals surface area (Å²) in [5.41, 5.74) is 6.20. The first kappa shape index (κ1) is 15.6. The van der Waals surface area contributed by atoms with Gasteiger partial charge >= 0.3 is 5.97 Å². The maximum Gasteiger partial charge on any atom is 0.326 e. The van der Waals surface area contributed by atoms with E-state index in [1.165, 1.54) is 0 Å². The molecule has 5 heteroatoms. The highest BCUT2D eigenvalue weighted by molar-refractivity contribution is 5.86. The Morgan fingerprint density at radius 2 is 2.14 bits per heavy atom. The first-order valence-electron chi connectivity index (χ1n) is 7.33. The molecule has 2 rings (SSSR count). The van der Waals surface area contributed by atoms with Gasteiger partial charge in [-0.3, -0.25) is 4.79 Å². The Balaban J connectivity index is 2.14. The van der Waals surface area contributed by atoms with Gasteiger partial charge in [0.1, 0.15) is 5.54 Å². The van der Waals surface area contributed by atoms with E-state index in [0.29, 0.717) is 31.1 Å². The number of ether oxygens (including phenoxy) is 3. The Labute approximate surface area is 125 Å². The average molecular weight is 293 g/mol. The highest BCUT2D eigenvalue weighted by atomic mass is 16.5. The molecular weight excluding hydrogens is 270 g/mol. The third-order valence-electron chi connectivity index (χ3n) is 3.71. The molecular formula is C16H23NO4. The fraction of sp³-hybridized carbons (Fsp3) is 0.562. The zero-order valence-electron chi connectivity index (χ0n) is 12.8. The summed E-state index contributed by atoms with van der Waals surface area (Å²) in [5, 5.41) is 0. The Morgan fingerprint density at radius 1 is 1.38 bits per heavy atom. The Kier molecular flexibility index (Phi) is 4.73. The summed E-state index contributed by atoms with van der Waals surface area (Å²) in [6.07, 6.45) is 1.53. The van der Waals surface area contributed by atoms with Crippen LogP contribution in [0.15, 0.2) is 18.2 Å². The van der Waals surface area contributed by atoms with Crippen molar-refractivity contribution in [3.63, 3.8) is 0 Å². The molecule has 116 valence electrons. The van der Waals surface area contributed by atoms with Crippen molar-refractivity contribution in [1.29, 1.82) is 0 Å². The van der Waals surface area contributed by atoms with Gasteiger partial charge in [0.15, 0.2) is 11.5 Å². The molecule has 0 heterocycles. The van der Waals surface area contributed by atoms with Gasteiger partial charge in [-0.15, -0.1) is 0 Å². The Bertz CT molecular complexity index is 517. The molecule has 21 heavy (non-hydrogen) atoms. The lowest BCUT2D eigenvalue weighted by atomic mass is 10.1. The lowest BCUT2D eigenvalue weighted by Crippen LogP contribution is -2.36. The van der Waals surface area contributed by atoms with Crippen molar-refractivity contribution in [2.75, 3.05) is 20.3 Å². The van der Waals surface area contributed by atoms with Crippen molar-refractivity contribution >= 4 is 5.97 Å². The van der Waals surface area contributed by atoms with Crippen LogP contribution in [0.25, 0.3) is 0 Å². The van der Waals surface area contributed by atoms with Gasteiger partial charge in [0.05, 0.1) is 20.3 Å². The second-order valence-electron chi connectivity index (χ2n) is 5.28. The molecule has 1 aromatic carbocycles. The molecule has 0 aromatic heterocycles. The number of esters is 1. The van der Waals surface area contributed by atoms with E-state index in [2.05, 4.69) is 0 Å². The van der Waals surface area contributed by atoms with Crippen molar-refractivity contribution in [2.45, 2.75) is 38.1 Å². The van der Waals surface area contributed by atoms with Crippen LogP contribution in [0, 0.1) is 0 Å². The first-order chi connectivity index (χ1) is 10.1. The molecule has 5 nitrogen and oxygen atoms in total. The molecule has 0 saturated heterocycles. The van der Waals surface area contributed by atoms with E-state index in [9.17, 15) is 4.79 Å². The highest BCUT2D eigenvalue weighted by Crippen LogP contribution is 2.51. The van der Waals surface area contributed by atoms with Crippen LogP contribution in [0.1, 0.15) is 38.2 Å². The number of hydrogen-bond acceptors (Lipinski definition) is 5. The van der Waals surface area contributed by atoms with E-state index in [1.54, 1.807) is 14.0 Å². The molecule has 2 unspecified atom stereocenters. The molecule has 1 fully saturated rings. The van der Waals surface area contributed by atoms with E-state index >= 15 is 0 Å². The van der Waals surface area contributed by atoms with Gasteiger partial charge in [0.2, 0.25) is 0 Å². The molecule has 2 N–H and O–H groups in total. The van der Waals surface area contributed by atoms with Gasteiger partial charge in [-0.1, -0.05) is 13.0 Å². The van der Waals surface area contributed by atoms with Crippen molar-refractivity contribution in [2.24, 2.45) is 5.73 Å². The minimum absolute atomic E-state index is 0.0225. The quantitative estimate of drug-likeness (QED) is 0.781. The van der Waals surface area contributed by atoms with Gasteiger partial charge in [-0.2, -0.15) is 0 Å². The largest absolute Gasteiger partial charge is 0.493 e. The third-order valence-corrected chi connectivity index (χ3v) is 3.71. The van der Waals surface area contributed by atoms with Crippen molar-refractivity contribution in [3.05, 3.63) is 23.8 Å². The topological polar surface area (TPSA) is 70.8 Å². The molecule has 0 aliphatic heterocycles. The summed E-state index contributed by atoms with van der Waals surface area (Å²) in [7, 11) is 1.60. The fourth-order valence-corrected chi connectivity index (χ4v) is 2.42. The van der Waals surface area contributed by atoms with E-state index in [-0.39, 0.29) is 11.9 Å². The standard InChI is InChI=1S/C16H23NO4/c1-4-8-21-13-7-6-11(9-14(13)19-3)12-10-16(12,17)15(18)20-5-2/h6-7,9,12H,4-5,8,10,17H2,1-3H3. The second-order valence-corrected chi connectivity index (χ2v) is 5.28. The third kappa shape index (κ3) is 3.13. The van der Waals surface area contributed by atoms with Gasteiger partial charge in [-0.25, -0.2) is 0 Å². The van der Waals surface area contributed by atoms with E-state index in [4.69, 9.17) is 19.9 Å². The monoisotopic (exact) mass is 293 g/mol. The summed E-state index contributed by atoms with van der Waals surface area (Å²) in [5.74, 6) is 1.02. The molecule has 1 aromatic rings. The summed E-state index contributed by atoms with van der Waals surface area (Å²) in [6.45, 7) is 4.81. The van der Waals surface area contributed by atoms with Gasteiger partial charge < -0.3 is 19.9 Å². The van der Waals surface area contributed by atoms with E-state index in [0.717, 1.165) is 12.0 Å². The minimum atomic E-state index is -0.896. The van der Waals surface area contributed by atoms with Crippen molar-refractivity contribution in [3.8, 4) is 11.5 Å². The zero-order valence-corrected chi connectivity index (χ0v) is 12.8. The first-order valence-corrected chi connectivity index (χ1v) is 7.33. The van der Waals surface area contributed by atoms with Crippen LogP contribution >= 0.6 is 0 Å². The molecule has 2 atom stereocenters. The van der Waals surface area contributed by atoms with Crippen molar-refractivity contribution < 1.29 is 19.0 Å². The normalized spacial score (nSPS) is 23.5. The number of nitrogens with two attached hydrogens (primary N) is 1. The summed E-state index contributed by atoms with van der Waals surface area (Å²) in [4.78, 5) is 11.9. The number of rotatable bonds is 7. The van der Waals surface area contributed by atoms with Crippen LogP contribution in [0.4, 0.5) is 0 Å². The highest BCUT2D eigenvalue weighted by Gasteiger charge is 2.59. The predicted molar refractivity (Wildman–Crippen MR) is 79.7 cm³/mol. The predicted octanol–water partition coefficient (Wildman–Crippen LogP) is 2.23. The lowest BCUT2D eigenvalue weighted by Gasteiger charge is -2.13. The Hall–Kier alpha value is -1.75. The van der Waals surface area contributed by atoms with Gasteiger partial charge in [0.25, 0.3) is 0 Å². The summed E-state index contributed by atoms with van der Waals surface area (Å²) < 4.78 is 16.0. The number of carbonyl (C=O) groups excluding carboxylic acids is 1. The SMILES string of the molecule is CCCOc1ccc(C2CC2(N)C(=O)OCC)cc1OC. The minimum Gasteiger partial charge on any atom is -0.493 e. The van der Waals surface area contributed by atoms with E-state index in [1.807, 2.05) is 25.1 Å². The smallest absolute Gasteiger partial charge is 0.326 e. The van der Waals surface area contributed by atoms with Crippen LogP contribution in [0.5, 0.6) is 11.5 Å². The van der Waals surface area contributed by atoms with E-state index < -0.39 is 5.54 Å². The number of benzene rings is 1. The van der Waals surface area contributed by atoms with Crippen LogP contribution in [-0.2, 0) is 9.53 Å². The lowest BCUT2D eigenvalue weighted by molar-refractivity contribution is -0.146. The average Bonchev–Trinajstić information content (AvgIpc) is 3.19. The zero-order chi connectivity index (χ0) is 15.5. The summed E-state index contributed by atoms with van der Waals surface area (Å²) in [6, 6.07) is 5.70. The number of hydrogen-bond donors (Lipinski definition) is 1. The molecule has 0 amide bonds. The van der Waals surface area contributed by atoms with Crippen molar-refractivity contribution in [1.82, 2.24) is 0 Å². The van der Waals surface area contributed by atoms with Gasteiger partial charge in [0, 0.05) is 5.92 Å². The maximum atomic E-state index is 11.9. The molecule has 0 bridgehead atoms. The molecule has 1 saturated carbocycles. The molecule has 1 aliphatic rings. The second kappa shape index (κ2) is 6.35. The maximum absolute atomic E-state index is 11.9. The number of methoxy groups -OCH3 is 1.